The number of ether oxygens (including phenoxy) is 1. The standard InChI is InChI=1S/C30H34N4O4/c35-28(36)22-38-26-14-16-32(21-26)19-25-20-33(27-13-7-8-15-31-27)17-18-34(25)30(37)29(23-9-3-1-4-10-23)24-11-5-2-6-12-24/h1-13,15,25-26,29H,14,16-22H2,(H,35,36). The number of aliphatic carboxylic acids is 1. The summed E-state index contributed by atoms with van der Waals surface area (Å²) in [6.45, 7) is 3.87. The van der Waals surface area contributed by atoms with Gasteiger partial charge in [-0.3, -0.25) is 9.69 Å². The smallest absolute Gasteiger partial charge is 0.329 e. The first-order valence-corrected chi connectivity index (χ1v) is 13.2. The zero-order valence-corrected chi connectivity index (χ0v) is 21.4. The Hall–Kier alpha value is -3.75. The van der Waals surface area contributed by atoms with Gasteiger partial charge < -0.3 is 19.6 Å². The van der Waals surface area contributed by atoms with Crippen LogP contribution >= 0.6 is 0 Å². The molecule has 1 amide bonds. The van der Waals surface area contributed by atoms with Crippen LogP contribution in [-0.2, 0) is 14.3 Å². The molecule has 0 bridgehead atoms. The van der Waals surface area contributed by atoms with Crippen molar-refractivity contribution in [3.05, 3.63) is 96.2 Å². The van der Waals surface area contributed by atoms with Crippen LogP contribution in [0.25, 0.3) is 0 Å². The van der Waals surface area contributed by atoms with E-state index in [1.165, 1.54) is 0 Å². The van der Waals surface area contributed by atoms with Crippen molar-refractivity contribution in [2.45, 2.75) is 24.5 Å². The maximum absolute atomic E-state index is 14.4. The summed E-state index contributed by atoms with van der Waals surface area (Å²) in [6, 6.07) is 25.8. The Morgan fingerprint density at radius 3 is 2.21 bits per heavy atom. The minimum Gasteiger partial charge on any atom is -0.480 e. The molecule has 0 aliphatic carbocycles. The lowest BCUT2D eigenvalue weighted by Crippen LogP contribution is -2.59. The molecular formula is C30H34N4O4. The molecule has 2 saturated heterocycles. The first-order valence-electron chi connectivity index (χ1n) is 13.2. The average molecular weight is 515 g/mol. The number of anilines is 1. The molecule has 38 heavy (non-hydrogen) atoms. The Labute approximate surface area is 223 Å². The average Bonchev–Trinajstić information content (AvgIpc) is 3.41. The SMILES string of the molecule is O=C(O)COC1CCN(CC2CN(c3ccccn3)CCN2C(=O)C(c2ccccc2)c2ccccc2)C1. The molecule has 198 valence electrons. The molecule has 0 spiro atoms. The third-order valence-electron chi connectivity index (χ3n) is 7.39. The van der Waals surface area contributed by atoms with Crippen molar-refractivity contribution < 1.29 is 19.4 Å². The number of carbonyl (C=O) groups excluding carboxylic acids is 1. The molecule has 3 aromatic rings. The molecule has 1 aromatic heterocycles. The van der Waals surface area contributed by atoms with Gasteiger partial charge in [0.05, 0.1) is 18.1 Å². The fraction of sp³-hybridized carbons (Fsp3) is 0.367. The highest BCUT2D eigenvalue weighted by molar-refractivity contribution is 5.87. The quantitative estimate of drug-likeness (QED) is 0.470. The predicted octanol–water partition coefficient (Wildman–Crippen LogP) is 3.11. The number of rotatable bonds is 9. The maximum Gasteiger partial charge on any atom is 0.329 e. The van der Waals surface area contributed by atoms with E-state index in [-0.39, 0.29) is 30.6 Å². The molecule has 2 aliphatic rings. The predicted molar refractivity (Wildman–Crippen MR) is 145 cm³/mol. The van der Waals surface area contributed by atoms with Gasteiger partial charge in [-0.1, -0.05) is 66.7 Å². The van der Waals surface area contributed by atoms with Gasteiger partial charge in [-0.25, -0.2) is 9.78 Å². The lowest BCUT2D eigenvalue weighted by Gasteiger charge is -2.44. The van der Waals surface area contributed by atoms with Crippen molar-refractivity contribution >= 4 is 17.7 Å². The highest BCUT2D eigenvalue weighted by atomic mass is 16.5. The van der Waals surface area contributed by atoms with E-state index in [0.717, 1.165) is 29.9 Å². The Kier molecular flexibility index (Phi) is 8.31. The summed E-state index contributed by atoms with van der Waals surface area (Å²) in [5.74, 6) is -0.319. The number of piperazine rings is 1. The van der Waals surface area contributed by atoms with E-state index in [4.69, 9.17) is 9.84 Å². The number of aromatic nitrogens is 1. The van der Waals surface area contributed by atoms with Gasteiger partial charge in [0.2, 0.25) is 5.91 Å². The van der Waals surface area contributed by atoms with Crippen molar-refractivity contribution in [2.24, 2.45) is 0 Å². The summed E-state index contributed by atoms with van der Waals surface area (Å²) >= 11 is 0. The Balaban J connectivity index is 1.39. The van der Waals surface area contributed by atoms with Gasteiger partial charge in [-0.05, 0) is 29.7 Å². The molecule has 2 fully saturated rings. The fourth-order valence-electron chi connectivity index (χ4n) is 5.57. The normalized spacial score (nSPS) is 20.1. The molecule has 0 radical (unpaired) electrons. The summed E-state index contributed by atoms with van der Waals surface area (Å²) < 4.78 is 5.56. The van der Waals surface area contributed by atoms with E-state index in [9.17, 15) is 9.59 Å². The second-order valence-corrected chi connectivity index (χ2v) is 9.95. The monoisotopic (exact) mass is 514 g/mol. The molecule has 8 heteroatoms. The molecule has 2 atom stereocenters. The molecule has 2 aliphatic heterocycles. The number of carboxylic acid groups (broad SMARTS) is 1. The Bertz CT molecular complexity index is 1160. The third-order valence-corrected chi connectivity index (χ3v) is 7.39. The summed E-state index contributed by atoms with van der Waals surface area (Å²) in [6.07, 6.45) is 2.48. The van der Waals surface area contributed by atoms with Gasteiger partial charge >= 0.3 is 5.97 Å². The number of nitrogens with zero attached hydrogens (tertiary/aromatic N) is 4. The molecule has 2 aromatic carbocycles. The van der Waals surface area contributed by atoms with E-state index in [0.29, 0.717) is 32.7 Å². The van der Waals surface area contributed by atoms with Crippen LogP contribution in [0.15, 0.2) is 85.1 Å². The molecule has 3 heterocycles. The summed E-state index contributed by atoms with van der Waals surface area (Å²) in [5, 5.41) is 8.98. The van der Waals surface area contributed by atoms with Crippen LogP contribution in [0.1, 0.15) is 23.5 Å². The highest BCUT2D eigenvalue weighted by Crippen LogP contribution is 2.30. The van der Waals surface area contributed by atoms with Crippen molar-refractivity contribution in [1.82, 2.24) is 14.8 Å². The highest BCUT2D eigenvalue weighted by Gasteiger charge is 2.37. The van der Waals surface area contributed by atoms with Crippen molar-refractivity contribution in [1.29, 1.82) is 0 Å². The molecule has 1 N–H and O–H groups in total. The minimum absolute atomic E-state index is 0.0496. The van der Waals surface area contributed by atoms with Crippen LogP contribution in [0, 0.1) is 0 Å². The topological polar surface area (TPSA) is 86.2 Å². The van der Waals surface area contributed by atoms with Crippen LogP contribution < -0.4 is 4.90 Å². The number of amides is 1. The van der Waals surface area contributed by atoms with Crippen LogP contribution in [0.5, 0.6) is 0 Å². The van der Waals surface area contributed by atoms with Crippen LogP contribution in [0.2, 0.25) is 0 Å². The second kappa shape index (κ2) is 12.2. The first-order chi connectivity index (χ1) is 18.6. The Morgan fingerprint density at radius 2 is 1.58 bits per heavy atom. The fourth-order valence-corrected chi connectivity index (χ4v) is 5.57. The number of hydrogen-bond donors (Lipinski definition) is 1. The van der Waals surface area contributed by atoms with Gasteiger partial charge in [-0.15, -0.1) is 0 Å². The molecule has 0 saturated carbocycles. The maximum atomic E-state index is 14.4. The molecule has 5 rings (SSSR count). The van der Waals surface area contributed by atoms with Gasteiger partial charge in [-0.2, -0.15) is 0 Å². The zero-order valence-electron chi connectivity index (χ0n) is 21.4. The van der Waals surface area contributed by atoms with Crippen LogP contribution in [0.4, 0.5) is 5.82 Å². The number of carboxylic acids is 1. The first kappa shape index (κ1) is 25.9. The number of benzene rings is 2. The van der Waals surface area contributed by atoms with E-state index < -0.39 is 5.97 Å². The molecular weight excluding hydrogens is 480 g/mol. The summed E-state index contributed by atoms with van der Waals surface area (Å²) in [5.41, 5.74) is 1.97. The van der Waals surface area contributed by atoms with E-state index in [2.05, 4.69) is 19.7 Å². The lowest BCUT2D eigenvalue weighted by molar-refractivity contribution is -0.144. The van der Waals surface area contributed by atoms with Crippen molar-refractivity contribution in [3.63, 3.8) is 0 Å². The van der Waals surface area contributed by atoms with Crippen molar-refractivity contribution in [3.8, 4) is 0 Å². The van der Waals surface area contributed by atoms with Gasteiger partial charge in [0.1, 0.15) is 12.4 Å². The van der Waals surface area contributed by atoms with Crippen LogP contribution in [-0.4, -0.2) is 89.8 Å². The molecule has 8 nitrogen and oxygen atoms in total. The largest absolute Gasteiger partial charge is 0.480 e. The Morgan fingerprint density at radius 1 is 0.895 bits per heavy atom. The number of hydrogen-bond acceptors (Lipinski definition) is 6. The summed E-state index contributed by atoms with van der Waals surface area (Å²) in [7, 11) is 0. The second-order valence-electron chi connectivity index (χ2n) is 9.95. The number of pyridine rings is 1. The van der Waals surface area contributed by atoms with Gasteiger partial charge in [0.15, 0.2) is 0 Å². The zero-order chi connectivity index (χ0) is 26.3. The van der Waals surface area contributed by atoms with Gasteiger partial charge in [0, 0.05) is 45.5 Å². The number of likely N-dealkylation sites (tertiary alicyclic amines) is 1. The summed E-state index contributed by atoms with van der Waals surface area (Å²) in [4.78, 5) is 36.4. The van der Waals surface area contributed by atoms with Gasteiger partial charge in [0.25, 0.3) is 0 Å². The number of carbonyl (C=O) groups is 2. The third kappa shape index (κ3) is 6.20. The minimum atomic E-state index is -0.952. The van der Waals surface area contributed by atoms with Crippen LogP contribution in [0.3, 0.4) is 0 Å². The van der Waals surface area contributed by atoms with E-state index >= 15 is 0 Å². The lowest BCUT2D eigenvalue weighted by atomic mass is 9.89. The van der Waals surface area contributed by atoms with E-state index in [1.807, 2.05) is 78.9 Å². The molecule has 2 unspecified atom stereocenters. The van der Waals surface area contributed by atoms with E-state index in [1.54, 1.807) is 6.20 Å². The van der Waals surface area contributed by atoms with Crippen molar-refractivity contribution in [2.75, 3.05) is 50.8 Å².